The van der Waals surface area contributed by atoms with Gasteiger partial charge >= 0.3 is 16.8 Å². The molecule has 1 radical (unpaired) electrons. The molecule has 0 amide bonds. The van der Waals surface area contributed by atoms with Crippen LogP contribution in [0.1, 0.15) is 0 Å². The maximum Gasteiger partial charge on any atom is 2.00 e. The Morgan fingerprint density at radius 2 is 0.727 bits per heavy atom. The van der Waals surface area contributed by atoms with E-state index in [0.29, 0.717) is 0 Å². The van der Waals surface area contributed by atoms with Crippen LogP contribution in [0.3, 0.4) is 0 Å². The van der Waals surface area contributed by atoms with Crippen molar-refractivity contribution in [3.63, 3.8) is 0 Å². The topological polar surface area (TPSA) is 195 Å². The van der Waals surface area contributed by atoms with Gasteiger partial charge in [-0.2, -0.15) is 0 Å². The fourth-order valence-corrected chi connectivity index (χ4v) is 0. The van der Waals surface area contributed by atoms with Crippen LogP contribution in [0.5, 0.6) is 0 Å². The van der Waals surface area contributed by atoms with Gasteiger partial charge in [-0.3, -0.25) is 0 Å². The standard InChI is InChI=1S/Co.2NO3.2H2O/c;2*2-1(3)4;;/h;;;2*1H2/q+2;2*-1;;. The molecule has 11 heteroatoms. The van der Waals surface area contributed by atoms with Crippen molar-refractivity contribution < 1.29 is 37.9 Å². The summed E-state index contributed by atoms with van der Waals surface area (Å²) < 4.78 is 0. The Balaban J connectivity index is -0.0000000171. The van der Waals surface area contributed by atoms with Gasteiger partial charge in [0.25, 0.3) is 0 Å². The molecule has 0 aliphatic carbocycles. The summed E-state index contributed by atoms with van der Waals surface area (Å²) in [6.45, 7) is 0. The van der Waals surface area contributed by atoms with E-state index in [2.05, 4.69) is 0 Å². The van der Waals surface area contributed by atoms with Gasteiger partial charge in [-0.1, -0.05) is 0 Å². The third kappa shape index (κ3) is 299. The van der Waals surface area contributed by atoms with Crippen LogP contribution in [0.4, 0.5) is 0 Å². The minimum absolute atomic E-state index is 0. The Hall–Kier alpha value is -1.17. The van der Waals surface area contributed by atoms with Crippen molar-refractivity contribution in [2.75, 3.05) is 0 Å². The summed E-state index contributed by atoms with van der Waals surface area (Å²) in [5.41, 5.74) is 0. The third-order valence-corrected chi connectivity index (χ3v) is 0. The summed E-state index contributed by atoms with van der Waals surface area (Å²) in [6, 6.07) is 0. The summed E-state index contributed by atoms with van der Waals surface area (Å²) in [6.07, 6.45) is 0. The van der Waals surface area contributed by atoms with Crippen molar-refractivity contribution in [2.24, 2.45) is 0 Å². The average molecular weight is 219 g/mol. The monoisotopic (exact) mass is 219 g/mol. The molecule has 0 saturated heterocycles. The van der Waals surface area contributed by atoms with Gasteiger partial charge in [0.05, 0.1) is 10.2 Å². The molecule has 0 heterocycles. The van der Waals surface area contributed by atoms with E-state index in [4.69, 9.17) is 30.6 Å². The molecule has 11 heavy (non-hydrogen) atoms. The van der Waals surface area contributed by atoms with Crippen molar-refractivity contribution in [3.8, 4) is 0 Å². The van der Waals surface area contributed by atoms with E-state index in [9.17, 15) is 0 Å². The van der Waals surface area contributed by atoms with E-state index >= 15 is 0 Å². The molecule has 0 aromatic heterocycles. The maximum atomic E-state index is 8.25. The first kappa shape index (κ1) is 32.9. The van der Waals surface area contributed by atoms with E-state index < -0.39 is 10.2 Å². The van der Waals surface area contributed by atoms with Crippen molar-refractivity contribution in [3.05, 3.63) is 30.6 Å². The second-order valence-electron chi connectivity index (χ2n) is 0.447. The fourth-order valence-electron chi connectivity index (χ4n) is 0. The van der Waals surface area contributed by atoms with Gasteiger partial charge in [0, 0.05) is 0 Å². The van der Waals surface area contributed by atoms with Crippen LogP contribution < -0.4 is 0 Å². The molecule has 4 N–H and O–H groups in total. The Kier molecular flexibility index (Phi) is 69.3. The quantitative estimate of drug-likeness (QED) is 0.329. The third-order valence-electron chi connectivity index (χ3n) is 0. The van der Waals surface area contributed by atoms with Crippen LogP contribution in [0.15, 0.2) is 0 Å². The second kappa shape index (κ2) is 23.2. The normalized spacial score (nSPS) is 4.36. The molecule has 0 aromatic rings. The molecule has 0 fully saturated rings. The van der Waals surface area contributed by atoms with Crippen molar-refractivity contribution >= 4 is 0 Å². The SMILES string of the molecule is O.O.O=[N+]([O-])[O-].O=[N+]([O-])[O-].[Co+2]. The summed E-state index contributed by atoms with van der Waals surface area (Å²) in [4.78, 5) is 16.5. The number of rotatable bonds is 0. The first-order valence-corrected chi connectivity index (χ1v) is 1.10. The molecule has 10 nitrogen and oxygen atoms in total. The molecular formula is H4CoN2O8. The van der Waals surface area contributed by atoms with Crippen molar-refractivity contribution in [2.45, 2.75) is 0 Å². The van der Waals surface area contributed by atoms with E-state index in [-0.39, 0.29) is 27.7 Å². The van der Waals surface area contributed by atoms with Gasteiger partial charge in [-0.25, -0.2) is 0 Å². The van der Waals surface area contributed by atoms with Gasteiger partial charge in [-0.05, 0) is 0 Å². The Morgan fingerprint density at radius 3 is 0.727 bits per heavy atom. The first-order valence-electron chi connectivity index (χ1n) is 1.10. The van der Waals surface area contributed by atoms with E-state index in [1.807, 2.05) is 0 Å². The zero-order chi connectivity index (χ0) is 7.15. The second-order valence-corrected chi connectivity index (χ2v) is 0.447. The number of hydrogen-bond acceptors (Lipinski definition) is 6. The Morgan fingerprint density at radius 1 is 0.727 bits per heavy atom. The largest absolute Gasteiger partial charge is 2.00 e. The van der Waals surface area contributed by atoms with Gasteiger partial charge in [0.15, 0.2) is 0 Å². The van der Waals surface area contributed by atoms with E-state index in [1.54, 1.807) is 0 Å². The molecule has 71 valence electrons. The molecule has 0 bridgehead atoms. The van der Waals surface area contributed by atoms with Crippen LogP contribution in [0.2, 0.25) is 0 Å². The minimum atomic E-state index is -1.75. The Labute approximate surface area is 69.5 Å². The Bertz CT molecular complexity index is 70.1. The molecule has 0 unspecified atom stereocenters. The van der Waals surface area contributed by atoms with Crippen LogP contribution in [0, 0.1) is 30.6 Å². The number of hydrogen-bond donors (Lipinski definition) is 0. The van der Waals surface area contributed by atoms with Gasteiger partial charge < -0.3 is 41.6 Å². The predicted octanol–water partition coefficient (Wildman–Crippen LogP) is -2.13. The zero-order valence-corrected chi connectivity index (χ0v) is 5.72. The van der Waals surface area contributed by atoms with Crippen molar-refractivity contribution in [1.82, 2.24) is 0 Å². The summed E-state index contributed by atoms with van der Waals surface area (Å²) in [5.74, 6) is 0. The van der Waals surface area contributed by atoms with E-state index in [1.165, 1.54) is 0 Å². The number of nitrogens with zero attached hydrogens (tertiary/aromatic N) is 2. The van der Waals surface area contributed by atoms with Crippen molar-refractivity contribution in [1.29, 1.82) is 0 Å². The molecule has 0 atom stereocenters. The van der Waals surface area contributed by atoms with Gasteiger partial charge in [0.1, 0.15) is 0 Å². The molecule has 0 aliphatic rings. The van der Waals surface area contributed by atoms with Crippen LogP contribution in [-0.4, -0.2) is 21.1 Å². The first-order chi connectivity index (χ1) is 3.46. The molecule has 0 aromatic carbocycles. The van der Waals surface area contributed by atoms with Crippen LogP contribution >= 0.6 is 0 Å². The zero-order valence-electron chi connectivity index (χ0n) is 4.68. The summed E-state index contributed by atoms with van der Waals surface area (Å²) in [5, 5.41) is 29.5. The van der Waals surface area contributed by atoms with Gasteiger partial charge in [-0.15, -0.1) is 0 Å². The summed E-state index contributed by atoms with van der Waals surface area (Å²) in [7, 11) is 0. The maximum absolute atomic E-state index is 8.25. The van der Waals surface area contributed by atoms with Crippen LogP contribution in [-0.2, 0) is 16.8 Å². The predicted molar refractivity (Wildman–Crippen MR) is 28.0 cm³/mol. The molecule has 0 spiro atoms. The average Bonchev–Trinajstić information content (AvgIpc) is 1.25. The molecule has 0 saturated carbocycles. The van der Waals surface area contributed by atoms with Crippen LogP contribution in [0.25, 0.3) is 0 Å². The summed E-state index contributed by atoms with van der Waals surface area (Å²) >= 11 is 0. The molecule has 0 aliphatic heterocycles. The minimum Gasteiger partial charge on any atom is -0.412 e. The molecular weight excluding hydrogens is 215 g/mol. The molecule has 0 rings (SSSR count). The van der Waals surface area contributed by atoms with E-state index in [0.717, 1.165) is 0 Å². The smallest absolute Gasteiger partial charge is 0.412 e. The fraction of sp³-hybridized carbons (Fsp3) is 0. The van der Waals surface area contributed by atoms with Gasteiger partial charge in [0.2, 0.25) is 0 Å².